The third-order valence-corrected chi connectivity index (χ3v) is 3.76. The number of hydrogen-bond donors (Lipinski definition) is 1. The van der Waals surface area contributed by atoms with Gasteiger partial charge in [-0.05, 0) is 28.1 Å². The SMILES string of the molecule is O=C1CS(=O)c2cccc(Br)c2N1. The van der Waals surface area contributed by atoms with Crippen LogP contribution < -0.4 is 5.32 Å². The van der Waals surface area contributed by atoms with Gasteiger partial charge in [0, 0.05) is 4.47 Å². The first-order chi connectivity index (χ1) is 6.18. The van der Waals surface area contributed by atoms with Crippen molar-refractivity contribution < 1.29 is 9.00 Å². The van der Waals surface area contributed by atoms with Crippen molar-refractivity contribution in [3.63, 3.8) is 0 Å². The molecule has 13 heavy (non-hydrogen) atoms. The second kappa shape index (κ2) is 3.23. The van der Waals surface area contributed by atoms with Crippen LogP contribution in [0.25, 0.3) is 0 Å². The lowest BCUT2D eigenvalue weighted by atomic mass is 10.3. The molecule has 0 spiro atoms. The molecule has 1 heterocycles. The molecule has 1 amide bonds. The van der Waals surface area contributed by atoms with E-state index in [4.69, 9.17) is 0 Å². The molecule has 3 nitrogen and oxygen atoms in total. The van der Waals surface area contributed by atoms with E-state index in [0.717, 1.165) is 4.47 Å². The van der Waals surface area contributed by atoms with Crippen LogP contribution in [-0.4, -0.2) is 15.9 Å². The Morgan fingerprint density at radius 1 is 1.46 bits per heavy atom. The van der Waals surface area contributed by atoms with Crippen molar-refractivity contribution in [2.24, 2.45) is 0 Å². The number of fused-ring (bicyclic) bond motifs is 1. The van der Waals surface area contributed by atoms with Crippen molar-refractivity contribution in [3.8, 4) is 0 Å². The minimum absolute atomic E-state index is 0.0590. The summed E-state index contributed by atoms with van der Waals surface area (Å²) in [4.78, 5) is 11.8. The van der Waals surface area contributed by atoms with E-state index in [1.807, 2.05) is 6.07 Å². The first kappa shape index (κ1) is 8.90. The van der Waals surface area contributed by atoms with E-state index in [0.29, 0.717) is 10.6 Å². The Labute approximate surface area is 86.1 Å². The molecule has 1 unspecified atom stereocenters. The molecule has 1 aromatic rings. The fourth-order valence-corrected chi connectivity index (χ4v) is 2.87. The minimum Gasteiger partial charge on any atom is -0.323 e. The van der Waals surface area contributed by atoms with Gasteiger partial charge in [0.05, 0.1) is 21.4 Å². The molecule has 0 aliphatic carbocycles. The molecule has 1 aliphatic heterocycles. The van der Waals surface area contributed by atoms with Gasteiger partial charge in [0.2, 0.25) is 5.91 Å². The molecule has 0 saturated carbocycles. The summed E-state index contributed by atoms with van der Waals surface area (Å²) in [6, 6.07) is 5.37. The quantitative estimate of drug-likeness (QED) is 0.768. The highest BCUT2D eigenvalue weighted by atomic mass is 79.9. The second-order valence-corrected chi connectivity index (χ2v) is 4.92. The molecule has 68 valence electrons. The van der Waals surface area contributed by atoms with Crippen LogP contribution >= 0.6 is 15.9 Å². The summed E-state index contributed by atoms with van der Waals surface area (Å²) in [5.41, 5.74) is 0.636. The standard InChI is InChI=1S/C8H6BrNO2S/c9-5-2-1-3-6-8(5)10-7(11)4-13(6)12/h1-3H,4H2,(H,10,11). The molecule has 2 rings (SSSR count). The number of rotatable bonds is 0. The fourth-order valence-electron chi connectivity index (χ4n) is 1.19. The van der Waals surface area contributed by atoms with Gasteiger partial charge in [-0.1, -0.05) is 6.07 Å². The molecule has 1 N–H and O–H groups in total. The van der Waals surface area contributed by atoms with Gasteiger partial charge in [0.1, 0.15) is 5.75 Å². The highest BCUT2D eigenvalue weighted by Gasteiger charge is 2.22. The molecular formula is C8H6BrNO2S. The maximum Gasteiger partial charge on any atom is 0.237 e. The number of amides is 1. The van der Waals surface area contributed by atoms with Crippen LogP contribution in [0.15, 0.2) is 27.6 Å². The summed E-state index contributed by atoms with van der Waals surface area (Å²) >= 11 is 3.29. The van der Waals surface area contributed by atoms with Crippen LogP contribution in [-0.2, 0) is 15.6 Å². The summed E-state index contributed by atoms with van der Waals surface area (Å²) in [6.07, 6.45) is 0. The topological polar surface area (TPSA) is 46.2 Å². The summed E-state index contributed by atoms with van der Waals surface area (Å²) in [5, 5.41) is 2.68. The number of hydrogen-bond acceptors (Lipinski definition) is 2. The van der Waals surface area contributed by atoms with E-state index in [2.05, 4.69) is 21.2 Å². The Kier molecular flexibility index (Phi) is 2.21. The zero-order valence-electron chi connectivity index (χ0n) is 6.54. The number of carbonyl (C=O) groups is 1. The molecule has 1 atom stereocenters. The van der Waals surface area contributed by atoms with Crippen molar-refractivity contribution in [1.29, 1.82) is 0 Å². The lowest BCUT2D eigenvalue weighted by molar-refractivity contribution is -0.114. The van der Waals surface area contributed by atoms with Gasteiger partial charge in [-0.15, -0.1) is 0 Å². The Hall–Kier alpha value is -0.680. The summed E-state index contributed by atoms with van der Waals surface area (Å²) < 4.78 is 12.2. The molecule has 0 saturated heterocycles. The van der Waals surface area contributed by atoms with Crippen LogP contribution in [0, 0.1) is 0 Å². The Morgan fingerprint density at radius 3 is 3.00 bits per heavy atom. The van der Waals surface area contributed by atoms with Crippen molar-refractivity contribution in [3.05, 3.63) is 22.7 Å². The third kappa shape index (κ3) is 1.53. The predicted molar refractivity (Wildman–Crippen MR) is 54.0 cm³/mol. The lowest BCUT2D eigenvalue weighted by Gasteiger charge is -2.16. The van der Waals surface area contributed by atoms with Crippen molar-refractivity contribution in [2.45, 2.75) is 4.90 Å². The van der Waals surface area contributed by atoms with Gasteiger partial charge in [-0.25, -0.2) is 0 Å². The zero-order valence-corrected chi connectivity index (χ0v) is 8.94. The predicted octanol–water partition coefficient (Wildman–Crippen LogP) is 1.51. The number of anilines is 1. The van der Waals surface area contributed by atoms with Crippen LogP contribution in [0.1, 0.15) is 0 Å². The highest BCUT2D eigenvalue weighted by Crippen LogP contribution is 2.31. The van der Waals surface area contributed by atoms with E-state index >= 15 is 0 Å². The van der Waals surface area contributed by atoms with Crippen LogP contribution in [0.3, 0.4) is 0 Å². The van der Waals surface area contributed by atoms with Gasteiger partial charge >= 0.3 is 0 Å². The van der Waals surface area contributed by atoms with Crippen LogP contribution in [0.5, 0.6) is 0 Å². The van der Waals surface area contributed by atoms with Gasteiger partial charge in [0.25, 0.3) is 0 Å². The second-order valence-electron chi connectivity index (χ2n) is 2.65. The first-order valence-corrected chi connectivity index (χ1v) is 5.76. The average Bonchev–Trinajstić information content (AvgIpc) is 2.07. The summed E-state index contributed by atoms with van der Waals surface area (Å²) in [7, 11) is -1.20. The molecule has 0 aromatic heterocycles. The van der Waals surface area contributed by atoms with Crippen LogP contribution in [0.2, 0.25) is 0 Å². The number of nitrogens with one attached hydrogen (secondary N) is 1. The number of benzene rings is 1. The van der Waals surface area contributed by atoms with Crippen molar-refractivity contribution >= 4 is 38.3 Å². The van der Waals surface area contributed by atoms with Crippen LogP contribution in [0.4, 0.5) is 5.69 Å². The normalized spacial score (nSPS) is 20.7. The Bertz CT molecular complexity index is 405. The minimum atomic E-state index is -1.20. The van der Waals surface area contributed by atoms with Crippen molar-refractivity contribution in [2.75, 3.05) is 11.1 Å². The van der Waals surface area contributed by atoms with E-state index < -0.39 is 10.8 Å². The number of halogens is 1. The van der Waals surface area contributed by atoms with Gasteiger partial charge in [-0.3, -0.25) is 9.00 Å². The largest absolute Gasteiger partial charge is 0.323 e. The smallest absolute Gasteiger partial charge is 0.237 e. The molecule has 0 radical (unpaired) electrons. The van der Waals surface area contributed by atoms with E-state index in [9.17, 15) is 9.00 Å². The number of para-hydroxylation sites is 1. The maximum absolute atomic E-state index is 11.5. The molecule has 0 fully saturated rings. The van der Waals surface area contributed by atoms with Crippen molar-refractivity contribution in [1.82, 2.24) is 0 Å². The monoisotopic (exact) mass is 259 g/mol. The molecule has 1 aliphatic rings. The van der Waals surface area contributed by atoms with E-state index in [1.54, 1.807) is 12.1 Å². The molecule has 1 aromatic carbocycles. The highest BCUT2D eigenvalue weighted by molar-refractivity contribution is 9.10. The third-order valence-electron chi connectivity index (χ3n) is 1.75. The summed E-state index contributed by atoms with van der Waals surface area (Å²) in [6.45, 7) is 0. The zero-order chi connectivity index (χ0) is 9.42. The Balaban J connectivity index is 2.61. The average molecular weight is 260 g/mol. The van der Waals surface area contributed by atoms with E-state index in [-0.39, 0.29) is 11.7 Å². The van der Waals surface area contributed by atoms with E-state index in [1.165, 1.54) is 0 Å². The fraction of sp³-hybridized carbons (Fsp3) is 0.125. The first-order valence-electron chi connectivity index (χ1n) is 3.65. The lowest BCUT2D eigenvalue weighted by Crippen LogP contribution is -2.25. The van der Waals surface area contributed by atoms with Gasteiger partial charge < -0.3 is 5.32 Å². The molecule has 5 heteroatoms. The molecule has 0 bridgehead atoms. The van der Waals surface area contributed by atoms with Gasteiger partial charge in [0.15, 0.2) is 0 Å². The maximum atomic E-state index is 11.5. The Morgan fingerprint density at radius 2 is 2.23 bits per heavy atom. The number of carbonyl (C=O) groups excluding carboxylic acids is 1. The van der Waals surface area contributed by atoms with Gasteiger partial charge in [-0.2, -0.15) is 0 Å². The molecular weight excluding hydrogens is 254 g/mol. The summed E-state index contributed by atoms with van der Waals surface area (Å²) in [5.74, 6) is -0.138.